The third kappa shape index (κ3) is 7.98. The minimum absolute atomic E-state index is 0.0338. The summed E-state index contributed by atoms with van der Waals surface area (Å²) in [6.45, 7) is 22.9. The Labute approximate surface area is 244 Å². The number of amides is 1. The van der Waals surface area contributed by atoms with Crippen LogP contribution in [0.2, 0.25) is 0 Å². The number of carbonyl (C=O) groups excluding carboxylic acids is 2. The number of pyridine rings is 1. The number of nitrogens with zero attached hydrogens (tertiary/aromatic N) is 4. The molecule has 1 N–H and O–H groups in total. The van der Waals surface area contributed by atoms with Gasteiger partial charge in [0.1, 0.15) is 22.8 Å². The Hall–Kier alpha value is -3.17. The summed E-state index contributed by atoms with van der Waals surface area (Å²) in [5.41, 5.74) is -1.10. The first-order valence-corrected chi connectivity index (χ1v) is 14.3. The van der Waals surface area contributed by atoms with Gasteiger partial charge in [0.05, 0.1) is 16.6 Å². The molecule has 228 valence electrons. The highest BCUT2D eigenvalue weighted by atomic mass is 19.1. The number of hydrogen-bond donors (Lipinski definition) is 1. The van der Waals surface area contributed by atoms with E-state index in [1.807, 2.05) is 66.1 Å². The van der Waals surface area contributed by atoms with Crippen LogP contribution in [0.15, 0.2) is 12.1 Å². The maximum Gasteiger partial charge on any atom is 0.410 e. The summed E-state index contributed by atoms with van der Waals surface area (Å²) < 4.78 is 29.0. The molecule has 0 aromatic carbocycles. The average molecular weight is 574 g/mol. The van der Waals surface area contributed by atoms with Gasteiger partial charge < -0.3 is 19.7 Å². The lowest BCUT2D eigenvalue weighted by Gasteiger charge is -2.44. The lowest BCUT2D eigenvalue weighted by atomic mass is 9.72. The quantitative estimate of drug-likeness (QED) is 0.392. The van der Waals surface area contributed by atoms with E-state index in [0.717, 1.165) is 5.69 Å². The third-order valence-electron chi connectivity index (χ3n) is 7.00. The molecule has 0 saturated carbocycles. The molecular weight excluding hydrogens is 525 g/mol. The van der Waals surface area contributed by atoms with Crippen LogP contribution in [-0.2, 0) is 26.2 Å². The molecule has 1 amide bonds. The van der Waals surface area contributed by atoms with E-state index in [1.165, 1.54) is 0 Å². The Morgan fingerprint density at radius 2 is 1.63 bits per heavy atom. The molecule has 0 spiro atoms. The number of carbonyl (C=O) groups is 2. The summed E-state index contributed by atoms with van der Waals surface area (Å²) in [7, 11) is 0. The van der Waals surface area contributed by atoms with E-state index >= 15 is 4.39 Å². The van der Waals surface area contributed by atoms with Crippen molar-refractivity contribution in [2.75, 3.05) is 11.9 Å². The van der Waals surface area contributed by atoms with Crippen LogP contribution >= 0.6 is 0 Å². The summed E-state index contributed by atoms with van der Waals surface area (Å²) in [4.78, 5) is 32.9. The molecule has 1 fully saturated rings. The topological polar surface area (TPSA) is 98.6 Å². The lowest BCUT2D eigenvalue weighted by molar-refractivity contribution is -0.172. The van der Waals surface area contributed by atoms with Gasteiger partial charge in [-0.05, 0) is 108 Å². The zero-order valence-corrected chi connectivity index (χ0v) is 26.9. The van der Waals surface area contributed by atoms with Crippen molar-refractivity contribution in [1.82, 2.24) is 19.7 Å². The van der Waals surface area contributed by atoms with E-state index in [1.54, 1.807) is 17.9 Å². The van der Waals surface area contributed by atoms with Gasteiger partial charge in [-0.3, -0.25) is 9.48 Å². The molecule has 0 radical (unpaired) electrons. The number of anilines is 2. The van der Waals surface area contributed by atoms with Gasteiger partial charge in [-0.25, -0.2) is 14.2 Å². The second-order valence-corrected chi connectivity index (χ2v) is 14.4. The van der Waals surface area contributed by atoms with E-state index in [2.05, 4.69) is 36.2 Å². The van der Waals surface area contributed by atoms with Crippen LogP contribution in [0.25, 0.3) is 0 Å². The Morgan fingerprint density at radius 3 is 2.15 bits per heavy atom. The lowest BCUT2D eigenvalue weighted by Crippen LogP contribution is -2.54. The maximum absolute atomic E-state index is 15.6. The van der Waals surface area contributed by atoms with Crippen molar-refractivity contribution in [2.45, 2.75) is 125 Å². The standard InChI is InChI=1S/C31H48FN5O4/c1-19-15-23(34-24-16-20(2)37(35-24)28(4,5)6)33-22(25(19)32)18-31(26(38)40-29(7,8)9)13-14-36(21(3)17-31)27(39)41-30(10,11)12/h15-16,21H,13-14,17-18H2,1-12H3,(H,33,34,35)/t21-,31-/m1/s1. The summed E-state index contributed by atoms with van der Waals surface area (Å²) in [5.74, 6) is 0.161. The van der Waals surface area contributed by atoms with Gasteiger partial charge in [0.15, 0.2) is 5.82 Å². The molecule has 0 unspecified atom stereocenters. The number of esters is 1. The van der Waals surface area contributed by atoms with Crippen molar-refractivity contribution in [3.8, 4) is 0 Å². The van der Waals surface area contributed by atoms with E-state index < -0.39 is 34.5 Å². The van der Waals surface area contributed by atoms with Crippen LogP contribution in [0, 0.1) is 25.1 Å². The fraction of sp³-hybridized carbons (Fsp3) is 0.677. The van der Waals surface area contributed by atoms with Crippen molar-refractivity contribution in [1.29, 1.82) is 0 Å². The SMILES string of the molecule is Cc1cc(Nc2cc(C)n(C(C)(C)C)n2)nc(C[C@@]2(C(=O)OC(C)(C)C)CCN(C(=O)OC(C)(C)C)[C@H](C)C2)c1F. The predicted octanol–water partition coefficient (Wildman–Crippen LogP) is 6.82. The molecule has 41 heavy (non-hydrogen) atoms. The molecule has 1 aliphatic rings. The number of likely N-dealkylation sites (tertiary alicyclic amines) is 1. The molecule has 3 rings (SSSR count). The molecule has 2 aromatic heterocycles. The summed E-state index contributed by atoms with van der Waals surface area (Å²) in [6.07, 6.45) is 0.178. The number of piperidine rings is 1. The van der Waals surface area contributed by atoms with Crippen LogP contribution in [0.3, 0.4) is 0 Å². The number of hydrogen-bond acceptors (Lipinski definition) is 7. The fourth-order valence-corrected chi connectivity index (χ4v) is 5.30. The first kappa shape index (κ1) is 32.3. The van der Waals surface area contributed by atoms with Gasteiger partial charge in [-0.1, -0.05) is 0 Å². The van der Waals surface area contributed by atoms with E-state index in [9.17, 15) is 9.59 Å². The maximum atomic E-state index is 15.6. The van der Waals surface area contributed by atoms with E-state index in [0.29, 0.717) is 23.6 Å². The number of halogens is 1. The van der Waals surface area contributed by atoms with Crippen LogP contribution in [0.1, 0.15) is 99.0 Å². The van der Waals surface area contributed by atoms with Gasteiger partial charge in [0.25, 0.3) is 0 Å². The zero-order valence-electron chi connectivity index (χ0n) is 26.9. The van der Waals surface area contributed by atoms with Crippen LogP contribution in [0.4, 0.5) is 20.8 Å². The number of aryl methyl sites for hydroxylation is 2. The molecule has 2 aromatic rings. The van der Waals surface area contributed by atoms with Crippen molar-refractivity contribution >= 4 is 23.7 Å². The van der Waals surface area contributed by atoms with E-state index in [4.69, 9.17) is 9.47 Å². The molecule has 1 saturated heterocycles. The Kier molecular flexibility index (Phi) is 8.88. The van der Waals surface area contributed by atoms with Crippen LogP contribution in [-0.4, -0.2) is 55.5 Å². The van der Waals surface area contributed by atoms with Crippen molar-refractivity contribution in [3.63, 3.8) is 0 Å². The zero-order chi connectivity index (χ0) is 31.1. The molecule has 3 heterocycles. The highest BCUT2D eigenvalue weighted by molar-refractivity contribution is 5.79. The van der Waals surface area contributed by atoms with Crippen LogP contribution < -0.4 is 5.32 Å². The average Bonchev–Trinajstić information content (AvgIpc) is 3.15. The number of rotatable bonds is 5. The number of aromatic nitrogens is 3. The Bertz CT molecular complexity index is 1290. The molecule has 1 aliphatic heterocycles. The van der Waals surface area contributed by atoms with E-state index in [-0.39, 0.29) is 36.7 Å². The molecule has 10 heteroatoms. The minimum Gasteiger partial charge on any atom is -0.460 e. The smallest absolute Gasteiger partial charge is 0.410 e. The second-order valence-electron chi connectivity index (χ2n) is 14.4. The molecule has 9 nitrogen and oxygen atoms in total. The van der Waals surface area contributed by atoms with Crippen molar-refractivity contribution in [2.24, 2.45) is 5.41 Å². The third-order valence-corrected chi connectivity index (χ3v) is 7.00. The number of nitrogens with one attached hydrogen (secondary N) is 1. The fourth-order valence-electron chi connectivity index (χ4n) is 5.30. The largest absolute Gasteiger partial charge is 0.460 e. The molecule has 0 aliphatic carbocycles. The predicted molar refractivity (Wildman–Crippen MR) is 158 cm³/mol. The van der Waals surface area contributed by atoms with Gasteiger partial charge >= 0.3 is 12.1 Å². The first-order valence-electron chi connectivity index (χ1n) is 14.3. The summed E-state index contributed by atoms with van der Waals surface area (Å²) in [5, 5.41) is 7.88. The molecular formula is C31H48FN5O4. The van der Waals surface area contributed by atoms with Gasteiger partial charge in [0.2, 0.25) is 0 Å². The van der Waals surface area contributed by atoms with Crippen LogP contribution in [0.5, 0.6) is 0 Å². The minimum atomic E-state index is -1.07. The number of ether oxygens (including phenoxy) is 2. The van der Waals surface area contributed by atoms with Gasteiger partial charge in [-0.15, -0.1) is 0 Å². The Morgan fingerprint density at radius 1 is 1.02 bits per heavy atom. The normalized spacial score (nSPS) is 20.1. The summed E-state index contributed by atoms with van der Waals surface area (Å²) in [6, 6.07) is 3.22. The highest BCUT2D eigenvalue weighted by Crippen LogP contribution is 2.41. The van der Waals surface area contributed by atoms with Crippen molar-refractivity contribution in [3.05, 3.63) is 34.9 Å². The van der Waals surface area contributed by atoms with Gasteiger partial charge in [-0.2, -0.15) is 5.10 Å². The first-order chi connectivity index (χ1) is 18.6. The molecule has 2 atom stereocenters. The molecule has 0 bridgehead atoms. The monoisotopic (exact) mass is 573 g/mol. The highest BCUT2D eigenvalue weighted by Gasteiger charge is 2.49. The van der Waals surface area contributed by atoms with Crippen molar-refractivity contribution < 1.29 is 23.5 Å². The summed E-state index contributed by atoms with van der Waals surface area (Å²) >= 11 is 0. The second kappa shape index (κ2) is 11.2. The van der Waals surface area contributed by atoms with Gasteiger partial charge in [0, 0.05) is 30.8 Å². The Balaban J connectivity index is 1.96.